The molecule has 0 N–H and O–H groups in total. The van der Waals surface area contributed by atoms with Gasteiger partial charge < -0.3 is 9.47 Å². The van der Waals surface area contributed by atoms with Gasteiger partial charge in [0.1, 0.15) is 22.4 Å². The smallest absolute Gasteiger partial charge is 0.164 e. The maximum atomic E-state index is 14.3. The molecule has 0 radical (unpaired) electrons. The Morgan fingerprint density at radius 3 is 0.783 bits per heavy atom. The zero-order valence-electron chi connectivity index (χ0n) is 28.2. The fourth-order valence-electron chi connectivity index (χ4n) is 9.68. The molecule has 4 atom stereocenters. The molecule has 240 valence electrons. The molecule has 4 bridgehead atoms. The molecule has 0 unspecified atom stereocenters. The van der Waals surface area contributed by atoms with E-state index in [0.717, 1.165) is 22.3 Å². The summed E-state index contributed by atoms with van der Waals surface area (Å²) in [7, 11) is 0. The van der Waals surface area contributed by atoms with Crippen molar-refractivity contribution < 1.29 is 28.7 Å². The van der Waals surface area contributed by atoms with Crippen LogP contribution in [0, 0.1) is 21.7 Å². The van der Waals surface area contributed by atoms with Crippen molar-refractivity contribution in [1.82, 2.24) is 0 Å². The van der Waals surface area contributed by atoms with Crippen molar-refractivity contribution in [3.05, 3.63) is 95.1 Å². The summed E-state index contributed by atoms with van der Waals surface area (Å²) in [4.78, 5) is 57.0. The van der Waals surface area contributed by atoms with Gasteiger partial charge >= 0.3 is 0 Å². The van der Waals surface area contributed by atoms with Gasteiger partial charge in [-0.1, -0.05) is 48.5 Å². The Labute approximate surface area is 271 Å². The number of ether oxygens (including phenoxy) is 2. The molecule has 0 amide bonds. The van der Waals surface area contributed by atoms with Crippen LogP contribution in [0.25, 0.3) is 0 Å². The number of ketones is 4. The Bertz CT molecular complexity index is 1550. The summed E-state index contributed by atoms with van der Waals surface area (Å²) >= 11 is 0. The first-order valence-electron chi connectivity index (χ1n) is 16.5. The topological polar surface area (TPSA) is 86.7 Å². The number of allylic oxidation sites excluding steroid dienone is 4. The van der Waals surface area contributed by atoms with Crippen molar-refractivity contribution >= 4 is 23.1 Å². The molecule has 2 saturated heterocycles. The third kappa shape index (κ3) is 3.30. The second-order valence-electron chi connectivity index (χ2n) is 16.2. The lowest BCUT2D eigenvalue weighted by atomic mass is 9.58. The van der Waals surface area contributed by atoms with Crippen LogP contribution >= 0.6 is 0 Å². The molecule has 5 aliphatic rings. The normalized spacial score (nSPS) is 37.7. The molecule has 6 heteroatoms. The lowest BCUT2D eigenvalue weighted by molar-refractivity contribution is -0.190. The monoisotopic (exact) mass is 620 g/mol. The molecule has 46 heavy (non-hydrogen) atoms. The van der Waals surface area contributed by atoms with Crippen LogP contribution in [-0.2, 0) is 51.1 Å². The number of rotatable bonds is 0. The van der Waals surface area contributed by atoms with Crippen LogP contribution in [0.1, 0.15) is 103 Å². The van der Waals surface area contributed by atoms with Gasteiger partial charge in [0.05, 0.1) is 21.7 Å². The lowest BCUT2D eigenvalue weighted by Gasteiger charge is -2.42. The van der Waals surface area contributed by atoms with Crippen molar-refractivity contribution in [2.75, 3.05) is 0 Å². The molecule has 5 heterocycles. The zero-order chi connectivity index (χ0) is 33.3. The molecule has 2 fully saturated rings. The van der Waals surface area contributed by atoms with Gasteiger partial charge in [-0.25, -0.2) is 0 Å². The minimum atomic E-state index is -1.06. The Morgan fingerprint density at radius 1 is 0.391 bits per heavy atom. The van der Waals surface area contributed by atoms with Crippen molar-refractivity contribution in [2.24, 2.45) is 21.7 Å². The Kier molecular flexibility index (Phi) is 6.16. The van der Waals surface area contributed by atoms with Crippen LogP contribution in [-0.4, -0.2) is 23.1 Å². The van der Waals surface area contributed by atoms with E-state index in [1.54, 1.807) is 0 Å². The van der Waals surface area contributed by atoms with Gasteiger partial charge in [0.25, 0.3) is 0 Å². The quantitative estimate of drug-likeness (QED) is 0.307. The van der Waals surface area contributed by atoms with Crippen LogP contribution < -0.4 is 0 Å². The van der Waals surface area contributed by atoms with Crippen LogP contribution in [0.15, 0.2) is 72.8 Å². The second-order valence-corrected chi connectivity index (χ2v) is 16.2. The first-order chi connectivity index (χ1) is 21.4. The molecular weight excluding hydrogens is 576 g/mol. The molecule has 0 saturated carbocycles. The maximum absolute atomic E-state index is 14.3. The average molecular weight is 621 g/mol. The van der Waals surface area contributed by atoms with Gasteiger partial charge in [0.15, 0.2) is 23.1 Å². The molecular formula is C40H44O6. The number of carbonyl (C=O) groups excluding carboxylic acids is 4. The predicted molar refractivity (Wildman–Crippen MR) is 174 cm³/mol. The predicted octanol–water partition coefficient (Wildman–Crippen LogP) is 7.32. The van der Waals surface area contributed by atoms with E-state index in [-0.39, 0.29) is 23.1 Å². The van der Waals surface area contributed by atoms with Crippen LogP contribution in [0.2, 0.25) is 0 Å². The highest BCUT2D eigenvalue weighted by Gasteiger charge is 2.72. The number of hydrogen-bond acceptors (Lipinski definition) is 6. The second kappa shape index (κ2) is 9.11. The molecule has 5 aliphatic heterocycles. The van der Waals surface area contributed by atoms with Gasteiger partial charge in [-0.3, -0.25) is 19.2 Å². The van der Waals surface area contributed by atoms with E-state index < -0.39 is 44.1 Å². The van der Waals surface area contributed by atoms with E-state index in [1.807, 2.05) is 104 Å². The average Bonchev–Trinajstić information content (AvgIpc) is 3.79. The largest absolute Gasteiger partial charge is 0.357 e. The maximum Gasteiger partial charge on any atom is 0.164 e. The number of fused-ring (bicyclic) bond motifs is 2. The molecule has 7 rings (SSSR count). The molecule has 0 spiro atoms. The van der Waals surface area contributed by atoms with Crippen LogP contribution in [0.3, 0.4) is 0 Å². The van der Waals surface area contributed by atoms with E-state index in [0.29, 0.717) is 25.7 Å². The summed E-state index contributed by atoms with van der Waals surface area (Å²) in [5.74, 6) is -0.863. The summed E-state index contributed by atoms with van der Waals surface area (Å²) in [6, 6.07) is 15.7. The standard InChI is InChI=1S/C40H44O6/c1-33(2)29(41)17-18-30(42)35(5,6)39-23-24-40(46-39,28-16-12-11-15-27(28)39)36(7,8)32(44)20-19-31(43)34(3,4)38-22-21-37(33,45-38)25-13-9-10-14-26(25)38/h9-20H,21-24H2,1-8H3/b18-17-,20-19-/t37-,38+,39-,40+. The van der Waals surface area contributed by atoms with Crippen LogP contribution in [0.5, 0.6) is 0 Å². The van der Waals surface area contributed by atoms with Crippen molar-refractivity contribution in [3.8, 4) is 0 Å². The highest BCUT2D eigenvalue weighted by molar-refractivity contribution is 6.05. The van der Waals surface area contributed by atoms with Gasteiger partial charge in [0.2, 0.25) is 0 Å². The Morgan fingerprint density at radius 2 is 0.587 bits per heavy atom. The van der Waals surface area contributed by atoms with Crippen molar-refractivity contribution in [1.29, 1.82) is 0 Å². The van der Waals surface area contributed by atoms with Crippen LogP contribution in [0.4, 0.5) is 0 Å². The van der Waals surface area contributed by atoms with Gasteiger partial charge in [-0.15, -0.1) is 0 Å². The third-order valence-corrected chi connectivity index (χ3v) is 13.2. The molecule has 2 aromatic carbocycles. The minimum Gasteiger partial charge on any atom is -0.357 e. The van der Waals surface area contributed by atoms with E-state index in [2.05, 4.69) is 0 Å². The molecule has 0 aliphatic carbocycles. The fraction of sp³-hybridized carbons (Fsp3) is 0.500. The number of carbonyl (C=O) groups is 4. The highest BCUT2D eigenvalue weighted by Crippen LogP contribution is 2.71. The van der Waals surface area contributed by atoms with Gasteiger partial charge in [-0.05, 0) is 128 Å². The van der Waals surface area contributed by atoms with Crippen molar-refractivity contribution in [2.45, 2.75) is 103 Å². The molecule has 6 nitrogen and oxygen atoms in total. The zero-order valence-corrected chi connectivity index (χ0v) is 28.2. The molecule has 0 aromatic heterocycles. The van der Waals surface area contributed by atoms with E-state index in [9.17, 15) is 19.2 Å². The van der Waals surface area contributed by atoms with E-state index in [4.69, 9.17) is 9.47 Å². The summed E-state index contributed by atoms with van der Waals surface area (Å²) in [6.07, 6.45) is 7.82. The Hall–Kier alpha value is -3.48. The fourth-order valence-corrected chi connectivity index (χ4v) is 9.68. The Balaban J connectivity index is 1.44. The minimum absolute atomic E-state index is 0.216. The van der Waals surface area contributed by atoms with Gasteiger partial charge in [0, 0.05) is 0 Å². The summed E-state index contributed by atoms with van der Waals surface area (Å²) in [5.41, 5.74) is -4.60. The first-order valence-corrected chi connectivity index (χ1v) is 16.5. The van der Waals surface area contributed by atoms with Gasteiger partial charge in [-0.2, -0.15) is 0 Å². The van der Waals surface area contributed by atoms with E-state index in [1.165, 1.54) is 24.3 Å². The number of hydrogen-bond donors (Lipinski definition) is 0. The first kappa shape index (κ1) is 31.1. The lowest BCUT2D eigenvalue weighted by Crippen LogP contribution is -2.48. The highest BCUT2D eigenvalue weighted by atomic mass is 16.5. The van der Waals surface area contributed by atoms with Crippen molar-refractivity contribution in [3.63, 3.8) is 0 Å². The summed E-state index contributed by atoms with van der Waals surface area (Å²) in [6.45, 7) is 15.0. The van der Waals surface area contributed by atoms with E-state index >= 15 is 0 Å². The third-order valence-electron chi connectivity index (χ3n) is 13.2. The summed E-state index contributed by atoms with van der Waals surface area (Å²) in [5, 5.41) is 0. The summed E-state index contributed by atoms with van der Waals surface area (Å²) < 4.78 is 14.2. The SMILES string of the molecule is CC1(C)C(=O)/C=C\C(=O)C(C)(C)[C@@]23CC[C@@](O2)(c2ccccc23)C(C)(C)C(=O)/C=C\C(=O)C(C)(C)[C@]23CC[C@]1(O2)c1ccccc13. The molecule has 2 aromatic rings. The number of benzene rings is 2.